The van der Waals surface area contributed by atoms with Crippen LogP contribution in [0.25, 0.3) is 22.7 Å². The summed E-state index contributed by atoms with van der Waals surface area (Å²) in [4.78, 5) is 21.2. The summed E-state index contributed by atoms with van der Waals surface area (Å²) in [6.07, 6.45) is 0.808. The molecule has 0 aliphatic rings. The van der Waals surface area contributed by atoms with E-state index in [0.717, 1.165) is 5.01 Å². The minimum Gasteiger partial charge on any atom is -0.496 e. The molecule has 30 heavy (non-hydrogen) atoms. The summed E-state index contributed by atoms with van der Waals surface area (Å²) in [7, 11) is 3.00. The number of methoxy groups -OCH3 is 2. The molecule has 1 amide bonds. The third-order valence-electron chi connectivity index (χ3n) is 4.29. The molecule has 4 aromatic rings. The maximum absolute atomic E-state index is 12.7. The SMILES string of the molecule is COc1cc(OC)cc(OC(=O)N(N)c2ccccc2-c2nc3ncccc3o2)c1. The number of carbonyl (C=O) groups excluding carboxylic acids is 1. The van der Waals surface area contributed by atoms with Gasteiger partial charge in [0.1, 0.15) is 17.2 Å². The highest BCUT2D eigenvalue weighted by Crippen LogP contribution is 2.32. The fourth-order valence-corrected chi connectivity index (χ4v) is 2.84. The van der Waals surface area contributed by atoms with Crippen LogP contribution in [0.2, 0.25) is 0 Å². The van der Waals surface area contributed by atoms with Crippen LogP contribution in [0.4, 0.5) is 10.5 Å². The molecule has 152 valence electrons. The lowest BCUT2D eigenvalue weighted by molar-refractivity contribution is 0.207. The van der Waals surface area contributed by atoms with Crippen molar-refractivity contribution in [1.29, 1.82) is 0 Å². The Morgan fingerprint density at radius 3 is 2.40 bits per heavy atom. The maximum atomic E-state index is 12.7. The molecule has 0 spiro atoms. The number of hydrogen-bond acceptors (Lipinski definition) is 8. The summed E-state index contributed by atoms with van der Waals surface area (Å²) in [6, 6.07) is 15.2. The smallest absolute Gasteiger partial charge is 0.434 e. The van der Waals surface area contributed by atoms with Crippen molar-refractivity contribution < 1.29 is 23.4 Å². The van der Waals surface area contributed by atoms with Gasteiger partial charge < -0.3 is 18.6 Å². The molecule has 0 aliphatic heterocycles. The molecule has 0 saturated heterocycles. The zero-order valence-electron chi connectivity index (χ0n) is 16.2. The topological polar surface area (TPSA) is 113 Å². The minimum atomic E-state index is -0.813. The highest BCUT2D eigenvalue weighted by atomic mass is 16.6. The zero-order chi connectivity index (χ0) is 21.1. The Kier molecular flexibility index (Phi) is 5.19. The number of amides is 1. The number of anilines is 1. The number of ether oxygens (including phenoxy) is 3. The molecule has 4 rings (SSSR count). The van der Waals surface area contributed by atoms with Crippen molar-refractivity contribution in [2.24, 2.45) is 5.84 Å². The third kappa shape index (κ3) is 3.74. The molecular weight excluding hydrogens is 388 g/mol. The summed E-state index contributed by atoms with van der Waals surface area (Å²) in [5, 5.41) is 0.879. The molecule has 0 fully saturated rings. The van der Waals surface area contributed by atoms with Crippen molar-refractivity contribution in [2.45, 2.75) is 0 Å². The first-order valence-corrected chi connectivity index (χ1v) is 8.89. The van der Waals surface area contributed by atoms with Gasteiger partial charge in [-0.1, -0.05) is 12.1 Å². The number of carbonyl (C=O) groups is 1. The van der Waals surface area contributed by atoms with Crippen LogP contribution in [-0.2, 0) is 0 Å². The molecule has 0 saturated carbocycles. The summed E-state index contributed by atoms with van der Waals surface area (Å²) in [6.45, 7) is 0. The van der Waals surface area contributed by atoms with Crippen LogP contribution >= 0.6 is 0 Å². The second kappa shape index (κ2) is 8.10. The fourth-order valence-electron chi connectivity index (χ4n) is 2.84. The summed E-state index contributed by atoms with van der Waals surface area (Å²) >= 11 is 0. The van der Waals surface area contributed by atoms with Crippen LogP contribution in [0.15, 0.2) is 65.2 Å². The standard InChI is InChI=1S/C21H18N4O5/c1-27-13-10-14(28-2)12-15(11-13)29-21(26)25(22)17-7-4-3-6-16(17)20-24-19-18(30-20)8-5-9-23-19/h3-12H,22H2,1-2H3. The minimum absolute atomic E-state index is 0.218. The Labute approximate surface area is 171 Å². The first-order valence-electron chi connectivity index (χ1n) is 8.89. The van der Waals surface area contributed by atoms with Crippen molar-refractivity contribution >= 4 is 23.0 Å². The Morgan fingerprint density at radius 1 is 1.00 bits per heavy atom. The van der Waals surface area contributed by atoms with Gasteiger partial charge in [0.25, 0.3) is 0 Å². The number of rotatable bonds is 5. The molecule has 0 unspecified atom stereocenters. The number of aromatic nitrogens is 2. The quantitative estimate of drug-likeness (QED) is 0.303. The molecule has 0 radical (unpaired) electrons. The average molecular weight is 406 g/mol. The van der Waals surface area contributed by atoms with Crippen molar-refractivity contribution in [1.82, 2.24) is 9.97 Å². The second-order valence-corrected chi connectivity index (χ2v) is 6.15. The van der Waals surface area contributed by atoms with Crippen molar-refractivity contribution in [2.75, 3.05) is 19.2 Å². The maximum Gasteiger partial charge on any atom is 0.434 e. The van der Waals surface area contributed by atoms with Gasteiger partial charge in [-0.05, 0) is 24.3 Å². The summed E-state index contributed by atoms with van der Waals surface area (Å²) < 4.78 is 21.5. The molecule has 0 aliphatic carbocycles. The molecule has 9 heteroatoms. The first kappa shape index (κ1) is 19.2. The van der Waals surface area contributed by atoms with Gasteiger partial charge in [0.2, 0.25) is 5.89 Å². The van der Waals surface area contributed by atoms with E-state index in [2.05, 4.69) is 9.97 Å². The van der Waals surface area contributed by atoms with Gasteiger partial charge in [0, 0.05) is 24.4 Å². The molecular formula is C21H18N4O5. The Balaban J connectivity index is 1.64. The monoisotopic (exact) mass is 406 g/mol. The number of nitrogens with two attached hydrogens (primary N) is 1. The average Bonchev–Trinajstić information content (AvgIpc) is 3.22. The number of nitrogens with zero attached hydrogens (tertiary/aromatic N) is 3. The second-order valence-electron chi connectivity index (χ2n) is 6.15. The van der Waals surface area contributed by atoms with Crippen molar-refractivity contribution in [3.63, 3.8) is 0 Å². The molecule has 0 atom stereocenters. The fraction of sp³-hybridized carbons (Fsp3) is 0.0952. The van der Waals surface area contributed by atoms with Gasteiger partial charge in [-0.2, -0.15) is 4.98 Å². The van der Waals surface area contributed by atoms with Crippen LogP contribution in [0.1, 0.15) is 0 Å². The molecule has 2 aromatic heterocycles. The molecule has 2 N–H and O–H groups in total. The lowest BCUT2D eigenvalue weighted by Gasteiger charge is -2.18. The van der Waals surface area contributed by atoms with Gasteiger partial charge in [0.05, 0.1) is 25.5 Å². The number of pyridine rings is 1. The van der Waals surface area contributed by atoms with E-state index in [-0.39, 0.29) is 11.6 Å². The number of para-hydroxylation sites is 1. The number of benzene rings is 2. The van der Waals surface area contributed by atoms with Crippen LogP contribution in [0.3, 0.4) is 0 Å². The highest BCUT2D eigenvalue weighted by Gasteiger charge is 2.21. The zero-order valence-corrected chi connectivity index (χ0v) is 16.2. The summed E-state index contributed by atoms with van der Waals surface area (Å²) in [5.74, 6) is 7.52. The molecule has 2 aromatic carbocycles. The van der Waals surface area contributed by atoms with Crippen LogP contribution < -0.4 is 25.1 Å². The van der Waals surface area contributed by atoms with Crippen molar-refractivity contribution in [3.05, 3.63) is 60.8 Å². The van der Waals surface area contributed by atoms with Gasteiger partial charge in [-0.15, -0.1) is 0 Å². The molecule has 2 heterocycles. The van der Waals surface area contributed by atoms with E-state index in [1.807, 2.05) is 0 Å². The van der Waals surface area contributed by atoms with Crippen molar-refractivity contribution in [3.8, 4) is 28.7 Å². The number of hydrogen-bond donors (Lipinski definition) is 1. The van der Waals surface area contributed by atoms with Crippen LogP contribution in [0.5, 0.6) is 17.2 Å². The van der Waals surface area contributed by atoms with Gasteiger partial charge in [0.15, 0.2) is 11.2 Å². The number of oxazole rings is 1. The number of fused-ring (bicyclic) bond motifs is 1. The van der Waals surface area contributed by atoms with E-state index in [0.29, 0.717) is 34.0 Å². The first-order chi connectivity index (χ1) is 14.6. The Bertz CT molecular complexity index is 1150. The van der Waals surface area contributed by atoms with Gasteiger partial charge in [-0.3, -0.25) is 0 Å². The van der Waals surface area contributed by atoms with E-state index >= 15 is 0 Å². The lowest BCUT2D eigenvalue weighted by Crippen LogP contribution is -2.40. The van der Waals surface area contributed by atoms with E-state index in [4.69, 9.17) is 24.5 Å². The molecule has 0 bridgehead atoms. The van der Waals surface area contributed by atoms with E-state index < -0.39 is 6.09 Å². The Hall–Kier alpha value is -4.11. The number of hydrazine groups is 1. The lowest BCUT2D eigenvalue weighted by atomic mass is 10.1. The highest BCUT2D eigenvalue weighted by molar-refractivity contribution is 5.93. The van der Waals surface area contributed by atoms with Crippen LogP contribution in [-0.4, -0.2) is 30.3 Å². The normalized spacial score (nSPS) is 10.6. The van der Waals surface area contributed by atoms with E-state index in [9.17, 15) is 4.79 Å². The Morgan fingerprint density at radius 2 is 1.70 bits per heavy atom. The largest absolute Gasteiger partial charge is 0.496 e. The van der Waals surface area contributed by atoms with E-state index in [1.165, 1.54) is 14.2 Å². The molecule has 9 nitrogen and oxygen atoms in total. The van der Waals surface area contributed by atoms with Gasteiger partial charge >= 0.3 is 6.09 Å². The predicted molar refractivity (Wildman–Crippen MR) is 109 cm³/mol. The summed E-state index contributed by atoms with van der Waals surface area (Å²) in [5.41, 5.74) is 1.84. The van der Waals surface area contributed by atoms with E-state index in [1.54, 1.807) is 60.8 Å². The van der Waals surface area contributed by atoms with Gasteiger partial charge in [-0.25, -0.2) is 20.6 Å². The van der Waals surface area contributed by atoms with Crippen LogP contribution in [0, 0.1) is 0 Å². The third-order valence-corrected chi connectivity index (χ3v) is 4.29. The predicted octanol–water partition coefficient (Wildman–Crippen LogP) is 3.79.